The molecule has 4 aliphatic heterocycles. The van der Waals surface area contributed by atoms with E-state index in [0.29, 0.717) is 43.2 Å². The molecule has 9 rings (SSSR count). The number of halogens is 1. The van der Waals surface area contributed by atoms with Gasteiger partial charge < -0.3 is 115 Å². The van der Waals surface area contributed by atoms with Gasteiger partial charge in [-0.25, -0.2) is 15.0 Å². The molecule has 0 saturated carbocycles. The van der Waals surface area contributed by atoms with E-state index < -0.39 is 0 Å². The zero-order valence-electron chi connectivity index (χ0n) is 82.2. The van der Waals surface area contributed by atoms with Crippen molar-refractivity contribution in [3.05, 3.63) is 174 Å². The molecule has 0 aliphatic carbocycles. The number of benzene rings is 5. The molecule has 38 heteroatoms. The fraction of sp³-hybridized carbons (Fsp3) is 0.612. The van der Waals surface area contributed by atoms with Crippen molar-refractivity contribution in [3.8, 4) is 0 Å². The maximum atomic E-state index is 10.5. The van der Waals surface area contributed by atoms with Crippen molar-refractivity contribution >= 4 is 91.0 Å². The van der Waals surface area contributed by atoms with Gasteiger partial charge in [0, 0.05) is 183 Å². The molecular weight excluding hydrogens is 2020 g/mol. The Balaban J connectivity index is -0.0000000373. The van der Waals surface area contributed by atoms with Crippen LogP contribution in [0.15, 0.2) is 130 Å². The van der Waals surface area contributed by atoms with Gasteiger partial charge >= 0.3 is 71.2 Å². The predicted molar refractivity (Wildman–Crippen MR) is 582 cm³/mol. The summed E-state index contributed by atoms with van der Waals surface area (Å²) < 4.78 is 40.7. The van der Waals surface area contributed by atoms with Crippen LogP contribution in [0, 0.1) is 37.0 Å². The van der Waals surface area contributed by atoms with Gasteiger partial charge in [-0.3, -0.25) is 21.0 Å². The monoisotopic (exact) mass is 2230 g/mol. The first-order valence-electron chi connectivity index (χ1n) is 42.6. The number of nitrogens with two attached hydrogens (primary N) is 3. The van der Waals surface area contributed by atoms with E-state index in [1.807, 2.05) is 130 Å². The summed E-state index contributed by atoms with van der Waals surface area (Å²) in [6.45, 7) is 49.6. The molecule has 1 amide bonds. The third-order valence-corrected chi connectivity index (χ3v) is 14.9. The molecule has 4 heterocycles. The van der Waals surface area contributed by atoms with E-state index in [-0.39, 0.29) is 173 Å². The van der Waals surface area contributed by atoms with Crippen LogP contribution in [-0.4, -0.2) is 210 Å². The Bertz CT molecular complexity index is 2840. The molecule has 26 N–H and O–H groups in total. The van der Waals surface area contributed by atoms with E-state index in [1.54, 1.807) is 4.90 Å². The molecule has 804 valence electrons. The van der Waals surface area contributed by atoms with Crippen LogP contribution in [0.5, 0.6) is 0 Å². The summed E-state index contributed by atoms with van der Waals surface area (Å²) in [6.07, 6.45) is 29.5. The second kappa shape index (κ2) is 185. The normalized spacial score (nSPS) is 9.45. The average Bonchev–Trinajstić information content (AvgIpc) is 1.78. The average molecular weight is 2230 g/mol. The quantitative estimate of drug-likeness (QED) is 0.00959. The molecule has 5 aromatic carbocycles. The standard InChI is InChI=1S/C10H7Cl.3C8H7N3.3C8H18O.C5H9NO.3C4H10O.3C4H9.C2H6O2.3CH5P.6CH4.6H2O.3O.6Ti/c11-10-6-5-8-3-1-2-4-9(8)7-10;3*9-7-5-3-1-2-4-6(5)8(10)11-7;3*1-3-5-7-9-8-6-4-2;1-6-4-2-3-5(6)7;3*1-2-3-4-5;3*1-3-4-2;3-1-2-4;3*1-2;;;;;;;;;;;;;;;;;;;;;/h1-7H;3*1-4H,(H3,9,10,11);3*3-8H2,1-2H3;2-4H2,1H3;3*5H,2-4H2,1H3;3*1,3-4H2,2H3;3-4H,1-2H2;3*2H2,1H3;6*1H4;6*1H2;;;;;;;;;/q;;;;;;;;;;;3*-1;;;;;;;;;;;;;;;;;;;;;;;;;. The molecule has 5 aromatic rings. The van der Waals surface area contributed by atoms with Crippen molar-refractivity contribution in [3.63, 3.8) is 0 Å². The minimum Gasteiger partial charge on any atom is 0 e. The number of fused-ring (bicyclic) bond motifs is 4. The van der Waals surface area contributed by atoms with Crippen LogP contribution in [0.4, 0.5) is 0 Å². The van der Waals surface area contributed by atoms with Crippen LogP contribution in [0.3, 0.4) is 0 Å². The second-order valence-electron chi connectivity index (χ2n) is 24.8. The Morgan fingerprint density at radius 3 is 0.706 bits per heavy atom. The van der Waals surface area contributed by atoms with Crippen LogP contribution in [-0.2, 0) is 155 Å². The summed E-state index contributed by atoms with van der Waals surface area (Å²) in [5.41, 5.74) is 21.7. The van der Waals surface area contributed by atoms with E-state index in [9.17, 15) is 4.79 Å². The van der Waals surface area contributed by atoms with Crippen LogP contribution in [0.1, 0.15) is 328 Å². The van der Waals surface area contributed by atoms with Crippen LogP contribution >= 0.6 is 39.3 Å². The Labute approximate surface area is 924 Å². The fourth-order valence-corrected chi connectivity index (χ4v) is 7.84. The molecule has 0 radical (unpaired) electrons. The number of likely N-dealkylation sites (tertiary alicyclic amines) is 1. The van der Waals surface area contributed by atoms with Crippen molar-refractivity contribution in [1.29, 1.82) is 16.2 Å². The van der Waals surface area contributed by atoms with Gasteiger partial charge in [0.05, 0.1) is 13.2 Å². The van der Waals surface area contributed by atoms with E-state index in [4.69, 9.17) is 94.7 Å². The number of carbonyl (C=O) groups is 1. The fourth-order valence-electron chi connectivity index (χ4n) is 7.66. The zero-order chi connectivity index (χ0) is 95.4. The summed E-state index contributed by atoms with van der Waals surface area (Å²) >= 11 is 8.07. The largest absolute Gasteiger partial charge is 0 e. The number of ether oxygens (including phenoxy) is 3. The van der Waals surface area contributed by atoms with Gasteiger partial charge in [-0.2, -0.15) is 19.3 Å². The maximum Gasteiger partial charge on any atom is 0 e. The third-order valence-electron chi connectivity index (χ3n) is 14.6. The van der Waals surface area contributed by atoms with Crippen molar-refractivity contribution in [1.82, 2.24) is 4.90 Å². The number of aliphatic imine (C=N–C) groups is 3. The number of amidine groups is 6. The molecular formula is C98H205ClN10O18P3Ti6-3. The predicted octanol–water partition coefficient (Wildman–Crippen LogP) is 19.9. The molecule has 1 fully saturated rings. The van der Waals surface area contributed by atoms with E-state index >= 15 is 0 Å². The summed E-state index contributed by atoms with van der Waals surface area (Å²) in [6, 6.07) is 36.5. The van der Waals surface area contributed by atoms with Gasteiger partial charge in [-0.1, -0.05) is 339 Å². The zero-order valence-corrected chi connectivity index (χ0v) is 95.8. The van der Waals surface area contributed by atoms with Crippen molar-refractivity contribution in [2.45, 2.75) is 295 Å². The summed E-state index contributed by atoms with van der Waals surface area (Å²) in [4.78, 5) is 23.8. The number of amides is 1. The molecule has 0 bridgehead atoms. The van der Waals surface area contributed by atoms with Crippen molar-refractivity contribution < 1.29 is 214 Å². The van der Waals surface area contributed by atoms with Gasteiger partial charge in [-0.15, -0.1) is 27.7 Å². The van der Waals surface area contributed by atoms with E-state index in [2.05, 4.69) is 159 Å². The van der Waals surface area contributed by atoms with Gasteiger partial charge in [0.25, 0.3) is 0 Å². The van der Waals surface area contributed by atoms with Crippen LogP contribution in [0.2, 0.25) is 5.02 Å². The third kappa shape index (κ3) is 145. The second-order valence-corrected chi connectivity index (χ2v) is 25.2. The number of nitrogens with zero attached hydrogens (tertiary/aromatic N) is 4. The van der Waals surface area contributed by atoms with Crippen LogP contribution in [0.25, 0.3) is 10.8 Å². The number of rotatable bonds is 28. The topological polar surface area (TPSA) is 576 Å². The molecule has 28 nitrogen and oxygen atoms in total. The molecule has 0 aromatic heterocycles. The van der Waals surface area contributed by atoms with Crippen LogP contribution < -0.4 is 17.2 Å². The Morgan fingerprint density at radius 2 is 0.559 bits per heavy atom. The molecule has 3 unspecified atom stereocenters. The van der Waals surface area contributed by atoms with Gasteiger partial charge in [-0.05, 0) is 87.1 Å². The molecule has 4 aliphatic rings. The van der Waals surface area contributed by atoms with E-state index in [1.165, 1.54) is 107 Å². The Hall–Kier alpha value is -2.04. The Morgan fingerprint density at radius 1 is 0.360 bits per heavy atom. The van der Waals surface area contributed by atoms with Crippen molar-refractivity contribution in [2.24, 2.45) is 32.2 Å². The number of nitrogens with one attached hydrogen (secondary N) is 3. The SMILES string of the molecule is C.C.C.C.C.C.CCCCO.CCCCO.CCCCO.CCCCOCCCC.CCCCOCCCC.CCCCOCCCC.CN1CCCC1=O.CP.CP.CP.Clc1ccc2ccccc2c1.N=C1N=C(N)c2ccccc21.N=C1N=C(N)c2ccccc21.N=C1N=C(N)c2ccccc21.O.O.O.O.O.O.OCCO.[CH2-]CCC.[CH2-]CCC.[CH2-]CCC.[O]=[Ti].[O]=[Ti].[O]=[Ti].[Ti].[Ti].[Ti]. The number of carbonyl (C=O) groups excluding carboxylic acids is 1. The first-order valence-corrected chi connectivity index (χ1v) is 48.4. The summed E-state index contributed by atoms with van der Waals surface area (Å²) in [5.74, 6) is 2.43. The maximum absolute atomic E-state index is 10.5. The molecule has 1 saturated heterocycles. The first-order chi connectivity index (χ1) is 58.7. The molecule has 0 spiro atoms. The molecule has 136 heavy (non-hydrogen) atoms. The smallest absolute Gasteiger partial charge is 0 e. The first kappa shape index (κ1) is 207. The Kier molecular flexibility index (Phi) is 281. The summed E-state index contributed by atoms with van der Waals surface area (Å²) in [5, 5.41) is 64.9. The molecule has 3 atom stereocenters. The number of aliphatic hydroxyl groups excluding tert-OH is 5. The van der Waals surface area contributed by atoms with Gasteiger partial charge in [0.1, 0.15) is 17.5 Å². The number of hydrogen-bond donors (Lipinski definition) is 11. The number of hydrogen-bond acceptors (Lipinski definition) is 18. The minimum atomic E-state index is -0.125. The summed E-state index contributed by atoms with van der Waals surface area (Å²) in [7, 11) is 9.09. The number of aliphatic hydroxyl groups is 5. The number of unbranched alkanes of at least 4 members (excludes halogenated alkanes) is 12. The van der Waals surface area contributed by atoms with Crippen molar-refractivity contribution in [2.75, 3.05) is 106 Å². The van der Waals surface area contributed by atoms with E-state index in [0.717, 1.165) is 216 Å². The minimum absolute atomic E-state index is 0. The van der Waals surface area contributed by atoms with Gasteiger partial charge in [0.15, 0.2) is 17.5 Å². The van der Waals surface area contributed by atoms with Gasteiger partial charge in [0.2, 0.25) is 5.91 Å².